The summed E-state index contributed by atoms with van der Waals surface area (Å²) in [5, 5.41) is 0. The van der Waals surface area contributed by atoms with Crippen molar-refractivity contribution in [2.45, 2.75) is 23.2 Å². The number of hydrogen-bond acceptors (Lipinski definition) is 5. The quantitative estimate of drug-likeness (QED) is 0.678. The minimum atomic E-state index is -3.81. The highest BCUT2D eigenvalue weighted by Gasteiger charge is 2.53. The lowest BCUT2D eigenvalue weighted by Gasteiger charge is -2.36. The van der Waals surface area contributed by atoms with Crippen molar-refractivity contribution in [3.63, 3.8) is 0 Å². The van der Waals surface area contributed by atoms with Gasteiger partial charge in [-0.15, -0.1) is 0 Å². The maximum atomic E-state index is 13.3. The molecule has 166 valence electrons. The van der Waals surface area contributed by atoms with Gasteiger partial charge in [-0.1, -0.05) is 12.1 Å². The van der Waals surface area contributed by atoms with Gasteiger partial charge in [-0.05, 0) is 42.7 Å². The summed E-state index contributed by atoms with van der Waals surface area (Å²) >= 11 is 0. The van der Waals surface area contributed by atoms with E-state index in [0.29, 0.717) is 18.8 Å². The standard InChI is InChI=1S/C22H25FN2O5S/c1-29-18-7-8-19(30-2)20(15-18)31(27,28)25-13-11-24(12-14-25)21(26)22(9-10-22)16-3-5-17(23)6-4-16/h3-8,15H,9-14H2,1-2H3. The maximum absolute atomic E-state index is 13.3. The molecule has 0 atom stereocenters. The monoisotopic (exact) mass is 448 g/mol. The zero-order chi connectivity index (χ0) is 22.2. The molecular weight excluding hydrogens is 423 g/mol. The van der Waals surface area contributed by atoms with Crippen molar-refractivity contribution in [3.05, 3.63) is 53.8 Å². The van der Waals surface area contributed by atoms with Crippen LogP contribution in [0.5, 0.6) is 11.5 Å². The maximum Gasteiger partial charge on any atom is 0.247 e. The Bertz CT molecular complexity index is 1080. The van der Waals surface area contributed by atoms with Crippen LogP contribution < -0.4 is 9.47 Å². The van der Waals surface area contributed by atoms with Crippen LogP contribution in [0.1, 0.15) is 18.4 Å². The molecule has 0 spiro atoms. The van der Waals surface area contributed by atoms with E-state index in [1.54, 1.807) is 29.2 Å². The van der Waals surface area contributed by atoms with E-state index in [2.05, 4.69) is 0 Å². The summed E-state index contributed by atoms with van der Waals surface area (Å²) in [5.41, 5.74) is 0.208. The molecule has 1 saturated carbocycles. The third-order valence-corrected chi connectivity index (χ3v) is 7.99. The third kappa shape index (κ3) is 3.87. The largest absolute Gasteiger partial charge is 0.497 e. The average Bonchev–Trinajstić information content (AvgIpc) is 3.60. The molecule has 0 bridgehead atoms. The van der Waals surface area contributed by atoms with E-state index in [0.717, 1.165) is 18.4 Å². The molecule has 1 heterocycles. The Balaban J connectivity index is 1.49. The topological polar surface area (TPSA) is 76.2 Å². The van der Waals surface area contributed by atoms with Crippen molar-refractivity contribution in [2.24, 2.45) is 0 Å². The minimum absolute atomic E-state index is 0.0184. The molecule has 2 aromatic rings. The normalized spacial score (nSPS) is 18.5. The lowest BCUT2D eigenvalue weighted by atomic mass is 9.94. The second-order valence-corrected chi connectivity index (χ2v) is 9.71. The van der Waals surface area contributed by atoms with E-state index >= 15 is 0 Å². The van der Waals surface area contributed by atoms with Crippen LogP contribution in [0, 0.1) is 5.82 Å². The van der Waals surface area contributed by atoms with Crippen molar-refractivity contribution < 1.29 is 27.1 Å². The van der Waals surface area contributed by atoms with Gasteiger partial charge in [0.2, 0.25) is 15.9 Å². The molecule has 1 amide bonds. The summed E-state index contributed by atoms with van der Waals surface area (Å²) < 4.78 is 51.5. The molecule has 0 unspecified atom stereocenters. The van der Waals surface area contributed by atoms with Crippen LogP contribution >= 0.6 is 0 Å². The Kier molecular flexibility index (Phi) is 5.65. The number of nitrogens with zero attached hydrogens (tertiary/aromatic N) is 2. The Labute approximate surface area is 181 Å². The van der Waals surface area contributed by atoms with Crippen LogP contribution in [0.25, 0.3) is 0 Å². The molecule has 0 N–H and O–H groups in total. The summed E-state index contributed by atoms with van der Waals surface area (Å²) in [6.45, 7) is 0.975. The molecule has 0 aromatic heterocycles. The van der Waals surface area contributed by atoms with Crippen molar-refractivity contribution in [2.75, 3.05) is 40.4 Å². The zero-order valence-electron chi connectivity index (χ0n) is 17.5. The summed E-state index contributed by atoms with van der Waals surface area (Å²) in [7, 11) is -0.926. The first-order valence-electron chi connectivity index (χ1n) is 10.1. The van der Waals surface area contributed by atoms with Crippen LogP contribution in [0.2, 0.25) is 0 Å². The zero-order valence-corrected chi connectivity index (χ0v) is 18.3. The van der Waals surface area contributed by atoms with Gasteiger partial charge in [-0.3, -0.25) is 4.79 Å². The highest BCUT2D eigenvalue weighted by molar-refractivity contribution is 7.89. The number of halogens is 1. The first-order valence-corrected chi connectivity index (χ1v) is 11.5. The van der Waals surface area contributed by atoms with Crippen LogP contribution in [-0.2, 0) is 20.2 Å². The molecule has 1 saturated heterocycles. The molecule has 31 heavy (non-hydrogen) atoms. The predicted molar refractivity (Wildman–Crippen MR) is 112 cm³/mol. The number of carbonyl (C=O) groups excluding carboxylic acids is 1. The Morgan fingerprint density at radius 3 is 2.16 bits per heavy atom. The summed E-state index contributed by atoms with van der Waals surface area (Å²) in [4.78, 5) is 15.0. The number of ether oxygens (including phenoxy) is 2. The van der Waals surface area contributed by atoms with Gasteiger partial charge in [0.25, 0.3) is 0 Å². The van der Waals surface area contributed by atoms with Crippen molar-refractivity contribution in [3.8, 4) is 11.5 Å². The number of sulfonamides is 1. The highest BCUT2D eigenvalue weighted by atomic mass is 32.2. The number of piperazine rings is 1. The van der Waals surface area contributed by atoms with E-state index < -0.39 is 15.4 Å². The molecule has 4 rings (SSSR count). The van der Waals surface area contributed by atoms with Gasteiger partial charge in [0.05, 0.1) is 19.6 Å². The molecule has 2 aromatic carbocycles. The number of amides is 1. The highest BCUT2D eigenvalue weighted by Crippen LogP contribution is 2.49. The smallest absolute Gasteiger partial charge is 0.247 e. The van der Waals surface area contributed by atoms with E-state index in [-0.39, 0.29) is 35.5 Å². The molecule has 0 radical (unpaired) electrons. The second-order valence-electron chi connectivity index (χ2n) is 7.80. The lowest BCUT2D eigenvalue weighted by molar-refractivity contribution is -0.135. The van der Waals surface area contributed by atoms with E-state index in [9.17, 15) is 17.6 Å². The van der Waals surface area contributed by atoms with Crippen molar-refractivity contribution in [1.29, 1.82) is 0 Å². The Hall–Kier alpha value is -2.65. The molecule has 9 heteroatoms. The molecule has 2 fully saturated rings. The van der Waals surface area contributed by atoms with Crippen LogP contribution in [0.4, 0.5) is 4.39 Å². The molecule has 7 nitrogen and oxygen atoms in total. The molecule has 1 aliphatic heterocycles. The van der Waals surface area contributed by atoms with Gasteiger partial charge < -0.3 is 14.4 Å². The first kappa shape index (κ1) is 21.6. The van der Waals surface area contributed by atoms with Crippen molar-refractivity contribution >= 4 is 15.9 Å². The van der Waals surface area contributed by atoms with Crippen LogP contribution in [0.15, 0.2) is 47.4 Å². The van der Waals surface area contributed by atoms with Gasteiger partial charge >= 0.3 is 0 Å². The fraction of sp³-hybridized carbons (Fsp3) is 0.409. The number of rotatable bonds is 6. The van der Waals surface area contributed by atoms with E-state index in [1.165, 1.54) is 36.7 Å². The number of hydrogen-bond donors (Lipinski definition) is 0. The predicted octanol–water partition coefficient (Wildman–Crippen LogP) is 2.41. The van der Waals surface area contributed by atoms with Gasteiger partial charge in [-0.25, -0.2) is 12.8 Å². The summed E-state index contributed by atoms with van der Waals surface area (Å²) in [5.74, 6) is 0.310. The van der Waals surface area contributed by atoms with Crippen LogP contribution in [-0.4, -0.2) is 63.9 Å². The lowest BCUT2D eigenvalue weighted by Crippen LogP contribution is -2.52. The summed E-state index contributed by atoms with van der Waals surface area (Å²) in [6.07, 6.45) is 1.44. The number of carbonyl (C=O) groups is 1. The van der Waals surface area contributed by atoms with E-state index in [1.807, 2.05) is 0 Å². The fourth-order valence-electron chi connectivity index (χ4n) is 4.08. The molecule has 2 aliphatic rings. The van der Waals surface area contributed by atoms with Gasteiger partial charge in [-0.2, -0.15) is 4.31 Å². The van der Waals surface area contributed by atoms with Crippen molar-refractivity contribution in [1.82, 2.24) is 9.21 Å². The fourth-order valence-corrected chi connectivity index (χ4v) is 5.67. The van der Waals surface area contributed by atoms with Gasteiger partial charge in [0.15, 0.2) is 0 Å². The minimum Gasteiger partial charge on any atom is -0.497 e. The average molecular weight is 449 g/mol. The van der Waals surface area contributed by atoms with E-state index in [4.69, 9.17) is 9.47 Å². The van der Waals surface area contributed by atoms with Gasteiger partial charge in [0.1, 0.15) is 22.2 Å². The SMILES string of the molecule is COc1ccc(OC)c(S(=O)(=O)N2CCN(C(=O)C3(c4ccc(F)cc4)CC3)CC2)c1. The summed E-state index contributed by atoms with van der Waals surface area (Å²) in [6, 6.07) is 10.7. The number of methoxy groups -OCH3 is 2. The molecular formula is C22H25FN2O5S. The van der Waals surface area contributed by atoms with Gasteiger partial charge in [0, 0.05) is 32.2 Å². The molecule has 1 aliphatic carbocycles. The second kappa shape index (κ2) is 8.12. The third-order valence-electron chi connectivity index (χ3n) is 6.07. The Morgan fingerprint density at radius 1 is 0.968 bits per heavy atom. The Morgan fingerprint density at radius 2 is 1.61 bits per heavy atom. The number of benzene rings is 2. The first-order chi connectivity index (χ1) is 14.8. The van der Waals surface area contributed by atoms with Crippen LogP contribution in [0.3, 0.4) is 0 Å².